The van der Waals surface area contributed by atoms with Crippen molar-refractivity contribution >= 4 is 40.3 Å². The van der Waals surface area contributed by atoms with E-state index in [-0.39, 0.29) is 0 Å². The SMILES string of the molecule is COc1ccc(N2CCN(C(=S)Nc3c(C)cc(C)cc3Cl)CC2)cc1. The molecular formula is C20H24ClN3OS. The molecule has 0 radical (unpaired) electrons. The number of rotatable bonds is 3. The molecule has 0 spiro atoms. The Bertz CT molecular complexity index is 763. The molecule has 0 aromatic heterocycles. The van der Waals surface area contributed by atoms with Crippen molar-refractivity contribution < 1.29 is 4.74 Å². The van der Waals surface area contributed by atoms with Gasteiger partial charge in [0.1, 0.15) is 5.75 Å². The van der Waals surface area contributed by atoms with Crippen molar-refractivity contribution in [1.82, 2.24) is 4.90 Å². The number of piperazine rings is 1. The molecule has 2 aromatic rings. The number of halogens is 1. The van der Waals surface area contributed by atoms with E-state index in [1.807, 2.05) is 32.0 Å². The zero-order valence-corrected chi connectivity index (χ0v) is 17.0. The van der Waals surface area contributed by atoms with Gasteiger partial charge in [-0.25, -0.2) is 0 Å². The third-order valence-electron chi connectivity index (χ3n) is 4.67. The molecule has 0 saturated carbocycles. The molecule has 26 heavy (non-hydrogen) atoms. The summed E-state index contributed by atoms with van der Waals surface area (Å²) in [6.45, 7) is 7.69. The van der Waals surface area contributed by atoms with Crippen LogP contribution in [0.25, 0.3) is 0 Å². The van der Waals surface area contributed by atoms with Crippen LogP contribution in [0.2, 0.25) is 5.02 Å². The minimum Gasteiger partial charge on any atom is -0.497 e. The Morgan fingerprint density at radius 1 is 1.08 bits per heavy atom. The number of nitrogens with one attached hydrogen (secondary N) is 1. The first kappa shape index (κ1) is 18.8. The molecule has 138 valence electrons. The topological polar surface area (TPSA) is 27.7 Å². The molecule has 2 aromatic carbocycles. The highest BCUT2D eigenvalue weighted by molar-refractivity contribution is 7.80. The number of benzene rings is 2. The Balaban J connectivity index is 1.60. The Kier molecular flexibility index (Phi) is 5.89. The van der Waals surface area contributed by atoms with Crippen LogP contribution in [0, 0.1) is 13.8 Å². The van der Waals surface area contributed by atoms with Crippen molar-refractivity contribution in [3.05, 3.63) is 52.5 Å². The van der Waals surface area contributed by atoms with Gasteiger partial charge in [0, 0.05) is 31.9 Å². The Morgan fingerprint density at radius 3 is 2.31 bits per heavy atom. The van der Waals surface area contributed by atoms with Gasteiger partial charge in [-0.15, -0.1) is 0 Å². The van der Waals surface area contributed by atoms with Crippen molar-refractivity contribution in [3.8, 4) is 5.75 Å². The quantitative estimate of drug-likeness (QED) is 0.781. The largest absolute Gasteiger partial charge is 0.497 e. The summed E-state index contributed by atoms with van der Waals surface area (Å²) in [6, 6.07) is 12.3. The van der Waals surface area contributed by atoms with Crippen LogP contribution >= 0.6 is 23.8 Å². The third-order valence-corrected chi connectivity index (χ3v) is 5.33. The predicted octanol–water partition coefficient (Wildman–Crippen LogP) is 4.48. The number of thiocarbonyl (C=S) groups is 1. The summed E-state index contributed by atoms with van der Waals surface area (Å²) in [4.78, 5) is 4.56. The second-order valence-electron chi connectivity index (χ2n) is 6.54. The molecule has 4 nitrogen and oxygen atoms in total. The number of nitrogens with zero attached hydrogens (tertiary/aromatic N) is 2. The molecule has 1 fully saturated rings. The summed E-state index contributed by atoms with van der Waals surface area (Å²) in [7, 11) is 1.68. The van der Waals surface area contributed by atoms with Gasteiger partial charge >= 0.3 is 0 Å². The molecule has 1 heterocycles. The van der Waals surface area contributed by atoms with Gasteiger partial charge in [-0.3, -0.25) is 0 Å². The summed E-state index contributed by atoms with van der Waals surface area (Å²) in [5.74, 6) is 0.878. The maximum Gasteiger partial charge on any atom is 0.173 e. The molecule has 6 heteroatoms. The number of methoxy groups -OCH3 is 1. The first-order chi connectivity index (χ1) is 12.5. The lowest BCUT2D eigenvalue weighted by Gasteiger charge is -2.37. The minimum atomic E-state index is 0.710. The molecule has 1 saturated heterocycles. The molecular weight excluding hydrogens is 366 g/mol. The maximum absolute atomic E-state index is 6.39. The molecule has 0 amide bonds. The van der Waals surface area contributed by atoms with Crippen LogP contribution in [-0.2, 0) is 0 Å². The predicted molar refractivity (Wildman–Crippen MR) is 114 cm³/mol. The maximum atomic E-state index is 6.39. The lowest BCUT2D eigenvalue weighted by molar-refractivity contribution is 0.390. The van der Waals surface area contributed by atoms with E-state index in [4.69, 9.17) is 28.6 Å². The normalized spacial score (nSPS) is 14.3. The van der Waals surface area contributed by atoms with Crippen molar-refractivity contribution in [2.45, 2.75) is 13.8 Å². The highest BCUT2D eigenvalue weighted by atomic mass is 35.5. The second kappa shape index (κ2) is 8.14. The second-order valence-corrected chi connectivity index (χ2v) is 7.33. The van der Waals surface area contributed by atoms with Crippen LogP contribution in [0.4, 0.5) is 11.4 Å². The van der Waals surface area contributed by atoms with Crippen LogP contribution in [0.1, 0.15) is 11.1 Å². The minimum absolute atomic E-state index is 0.710. The van der Waals surface area contributed by atoms with Gasteiger partial charge in [0.15, 0.2) is 5.11 Å². The fraction of sp³-hybridized carbons (Fsp3) is 0.350. The Morgan fingerprint density at radius 2 is 1.73 bits per heavy atom. The van der Waals surface area contributed by atoms with Gasteiger partial charge in [0.25, 0.3) is 0 Å². The molecule has 1 N–H and O–H groups in total. The van der Waals surface area contributed by atoms with Crippen LogP contribution in [0.3, 0.4) is 0 Å². The molecule has 1 aliphatic rings. The van der Waals surface area contributed by atoms with Crippen molar-refractivity contribution in [2.75, 3.05) is 43.5 Å². The van der Waals surface area contributed by atoms with E-state index in [2.05, 4.69) is 33.3 Å². The van der Waals surface area contributed by atoms with E-state index < -0.39 is 0 Å². The van der Waals surface area contributed by atoms with E-state index in [1.54, 1.807) is 7.11 Å². The Labute approximate surface area is 165 Å². The first-order valence-electron chi connectivity index (χ1n) is 8.69. The highest BCUT2D eigenvalue weighted by Crippen LogP contribution is 2.28. The third kappa shape index (κ3) is 4.22. The average molecular weight is 390 g/mol. The van der Waals surface area contributed by atoms with E-state index in [0.29, 0.717) is 5.02 Å². The van der Waals surface area contributed by atoms with Gasteiger partial charge in [0.05, 0.1) is 17.8 Å². The van der Waals surface area contributed by atoms with Crippen LogP contribution < -0.4 is 15.0 Å². The number of hydrogen-bond acceptors (Lipinski definition) is 3. The zero-order chi connectivity index (χ0) is 18.7. The Hall–Kier alpha value is -1.98. The summed E-state index contributed by atoms with van der Waals surface area (Å²) in [5.41, 5.74) is 4.37. The van der Waals surface area contributed by atoms with E-state index >= 15 is 0 Å². The van der Waals surface area contributed by atoms with Gasteiger partial charge in [0.2, 0.25) is 0 Å². The van der Waals surface area contributed by atoms with E-state index in [1.165, 1.54) is 5.69 Å². The average Bonchev–Trinajstić information content (AvgIpc) is 2.64. The molecule has 0 unspecified atom stereocenters. The van der Waals surface area contributed by atoms with E-state index in [9.17, 15) is 0 Å². The van der Waals surface area contributed by atoms with Gasteiger partial charge < -0.3 is 19.9 Å². The molecule has 1 aliphatic heterocycles. The monoisotopic (exact) mass is 389 g/mol. The zero-order valence-electron chi connectivity index (χ0n) is 15.4. The van der Waals surface area contributed by atoms with Crippen molar-refractivity contribution in [3.63, 3.8) is 0 Å². The summed E-state index contributed by atoms with van der Waals surface area (Å²) >= 11 is 12.0. The number of hydrogen-bond donors (Lipinski definition) is 1. The molecule has 0 aliphatic carbocycles. The first-order valence-corrected chi connectivity index (χ1v) is 9.48. The smallest absolute Gasteiger partial charge is 0.173 e. The fourth-order valence-electron chi connectivity index (χ4n) is 3.22. The van der Waals surface area contributed by atoms with Crippen LogP contribution in [0.5, 0.6) is 5.75 Å². The fourth-order valence-corrected chi connectivity index (χ4v) is 3.87. The number of ether oxygens (including phenoxy) is 1. The lowest BCUT2D eigenvalue weighted by atomic mass is 10.1. The van der Waals surface area contributed by atoms with Gasteiger partial charge in [-0.2, -0.15) is 0 Å². The van der Waals surface area contributed by atoms with Gasteiger partial charge in [-0.05, 0) is 67.5 Å². The summed E-state index contributed by atoms with van der Waals surface area (Å²) in [6.07, 6.45) is 0. The standard InChI is InChI=1S/C20H24ClN3OS/c1-14-12-15(2)19(18(21)13-14)22-20(26)24-10-8-23(9-11-24)16-4-6-17(25-3)7-5-16/h4-7,12-13H,8-11H2,1-3H3,(H,22,26). The molecule has 3 rings (SSSR count). The van der Waals surface area contributed by atoms with Crippen LogP contribution in [-0.4, -0.2) is 43.3 Å². The van der Waals surface area contributed by atoms with Gasteiger partial charge in [-0.1, -0.05) is 17.7 Å². The number of aryl methyl sites for hydroxylation is 2. The summed E-state index contributed by atoms with van der Waals surface area (Å²) in [5, 5.41) is 4.78. The van der Waals surface area contributed by atoms with E-state index in [0.717, 1.165) is 53.9 Å². The van der Waals surface area contributed by atoms with Crippen LogP contribution in [0.15, 0.2) is 36.4 Å². The highest BCUT2D eigenvalue weighted by Gasteiger charge is 2.20. The van der Waals surface area contributed by atoms with Crippen molar-refractivity contribution in [2.24, 2.45) is 0 Å². The molecule has 0 atom stereocenters. The lowest BCUT2D eigenvalue weighted by Crippen LogP contribution is -2.50. The molecule has 0 bridgehead atoms. The van der Waals surface area contributed by atoms with Crippen molar-refractivity contribution in [1.29, 1.82) is 0 Å². The number of anilines is 2. The summed E-state index contributed by atoms with van der Waals surface area (Å²) < 4.78 is 5.23.